The predicted octanol–water partition coefficient (Wildman–Crippen LogP) is 3.50. The average Bonchev–Trinajstić information content (AvgIpc) is 2.90. The second-order valence-corrected chi connectivity index (χ2v) is 6.85. The van der Waals surface area contributed by atoms with Gasteiger partial charge in [0.05, 0.1) is 26.9 Å². The number of fused-ring (bicyclic) bond motifs is 1. The van der Waals surface area contributed by atoms with Crippen molar-refractivity contribution < 1.29 is 4.21 Å². The Labute approximate surface area is 133 Å². The molecule has 114 valence electrons. The molecule has 2 aromatic rings. The third kappa shape index (κ3) is 3.70. The minimum absolute atomic E-state index is 0.847. The van der Waals surface area contributed by atoms with Crippen molar-refractivity contribution >= 4 is 22.0 Å². The maximum absolute atomic E-state index is 11.7. The third-order valence-corrected chi connectivity index (χ3v) is 4.85. The molecule has 1 aliphatic heterocycles. The molecule has 1 N–H and O–H groups in total. The van der Waals surface area contributed by atoms with Crippen LogP contribution in [0.15, 0.2) is 52.4 Å². The van der Waals surface area contributed by atoms with Crippen LogP contribution in [0.5, 0.6) is 0 Å². The highest BCUT2D eigenvalue weighted by molar-refractivity contribution is 7.99. The Hall–Kier alpha value is -1.78. The van der Waals surface area contributed by atoms with Gasteiger partial charge in [-0.1, -0.05) is 35.9 Å². The van der Waals surface area contributed by atoms with Crippen LogP contribution in [0.2, 0.25) is 0 Å². The molecule has 0 radical (unpaired) electrons. The van der Waals surface area contributed by atoms with Gasteiger partial charge >= 0.3 is 0 Å². The molecule has 0 saturated carbocycles. The van der Waals surface area contributed by atoms with Gasteiger partial charge in [0.2, 0.25) is 0 Å². The van der Waals surface area contributed by atoms with Crippen LogP contribution in [-0.2, 0) is 23.8 Å². The molecule has 3 rings (SSSR count). The molecule has 1 aliphatic rings. The minimum atomic E-state index is -1.05. The highest BCUT2D eigenvalue weighted by Gasteiger charge is 2.13. The Morgan fingerprint density at radius 1 is 1.09 bits per heavy atom. The number of nitrogens with one attached hydrogen (secondary N) is 1. The van der Waals surface area contributed by atoms with E-state index in [2.05, 4.69) is 47.6 Å². The zero-order chi connectivity index (χ0) is 15.4. The maximum Gasteiger partial charge on any atom is 0.0984 e. The molecule has 1 heterocycles. The number of benzene rings is 2. The smallest absolute Gasteiger partial charge is 0.0984 e. The van der Waals surface area contributed by atoms with E-state index in [1.807, 2.05) is 12.1 Å². The first-order chi connectivity index (χ1) is 10.7. The Morgan fingerprint density at radius 3 is 2.68 bits per heavy atom. The van der Waals surface area contributed by atoms with Crippen molar-refractivity contribution in [2.45, 2.75) is 31.2 Å². The number of rotatable bonds is 6. The quantitative estimate of drug-likeness (QED) is 0.830. The summed E-state index contributed by atoms with van der Waals surface area (Å²) in [7, 11) is -1.05. The third-order valence-electron chi connectivity index (χ3n) is 3.80. The van der Waals surface area contributed by atoms with Gasteiger partial charge in [-0.25, -0.2) is 9.20 Å². The topological polar surface area (TPSA) is 41.5 Å². The van der Waals surface area contributed by atoms with Crippen molar-refractivity contribution in [2.75, 3.05) is 6.54 Å². The van der Waals surface area contributed by atoms with E-state index in [1.54, 1.807) is 0 Å². The van der Waals surface area contributed by atoms with E-state index in [0.717, 1.165) is 36.5 Å². The summed E-state index contributed by atoms with van der Waals surface area (Å²) in [5, 5.41) is 3.47. The standard InChI is InChI=1S/C18H20N2OS/c1-14-4-6-16(7-5-14)12-19-10-2-3-15-8-9-17-18(11-15)22(21)13-20-17/h4-9,11,13,19H,2-3,10,12H2,1H3. The first-order valence-electron chi connectivity index (χ1n) is 7.56. The molecule has 0 aromatic heterocycles. The lowest BCUT2D eigenvalue weighted by molar-refractivity contribution is 0.649. The van der Waals surface area contributed by atoms with Gasteiger partial charge in [0, 0.05) is 6.54 Å². The van der Waals surface area contributed by atoms with Crippen LogP contribution in [-0.4, -0.2) is 16.3 Å². The summed E-state index contributed by atoms with van der Waals surface area (Å²) < 4.78 is 11.7. The molecule has 0 spiro atoms. The van der Waals surface area contributed by atoms with Crippen molar-refractivity contribution in [2.24, 2.45) is 4.99 Å². The molecule has 0 aliphatic carbocycles. The fraction of sp³-hybridized carbons (Fsp3) is 0.278. The first-order valence-corrected chi connectivity index (χ1v) is 8.77. The number of nitrogens with zero attached hydrogens (tertiary/aromatic N) is 1. The van der Waals surface area contributed by atoms with E-state index in [-0.39, 0.29) is 0 Å². The maximum atomic E-state index is 11.7. The van der Waals surface area contributed by atoms with E-state index in [4.69, 9.17) is 0 Å². The monoisotopic (exact) mass is 312 g/mol. The van der Waals surface area contributed by atoms with Crippen LogP contribution in [0.25, 0.3) is 0 Å². The molecule has 2 aromatic carbocycles. The molecule has 4 heteroatoms. The summed E-state index contributed by atoms with van der Waals surface area (Å²) in [5.41, 5.74) is 6.20. The lowest BCUT2D eigenvalue weighted by Gasteiger charge is -2.06. The summed E-state index contributed by atoms with van der Waals surface area (Å²) in [4.78, 5) is 4.99. The fourth-order valence-electron chi connectivity index (χ4n) is 2.50. The highest BCUT2D eigenvalue weighted by atomic mass is 32.2. The van der Waals surface area contributed by atoms with Crippen molar-refractivity contribution in [1.82, 2.24) is 5.32 Å². The Morgan fingerprint density at radius 2 is 1.86 bits per heavy atom. The molecule has 0 saturated heterocycles. The number of hydrogen-bond acceptors (Lipinski definition) is 3. The van der Waals surface area contributed by atoms with E-state index in [0.29, 0.717) is 0 Å². The van der Waals surface area contributed by atoms with Crippen LogP contribution in [0.4, 0.5) is 5.69 Å². The normalized spacial score (nSPS) is 16.0. The summed E-state index contributed by atoms with van der Waals surface area (Å²) in [6, 6.07) is 14.7. The minimum Gasteiger partial charge on any atom is -0.313 e. The van der Waals surface area contributed by atoms with E-state index >= 15 is 0 Å². The highest BCUT2D eigenvalue weighted by Crippen LogP contribution is 2.28. The lowest BCUT2D eigenvalue weighted by Crippen LogP contribution is -2.15. The molecule has 0 amide bonds. The SMILES string of the molecule is Cc1ccc(CNCCCc2ccc3c(c2)S(=O)C=N3)cc1. The summed E-state index contributed by atoms with van der Waals surface area (Å²) in [5.74, 6) is 0. The van der Waals surface area contributed by atoms with Gasteiger partial charge in [0.15, 0.2) is 0 Å². The summed E-state index contributed by atoms with van der Waals surface area (Å²) >= 11 is 0. The molecule has 22 heavy (non-hydrogen) atoms. The zero-order valence-corrected chi connectivity index (χ0v) is 13.5. The van der Waals surface area contributed by atoms with Crippen LogP contribution >= 0.6 is 0 Å². The van der Waals surface area contributed by atoms with Crippen LogP contribution in [0.1, 0.15) is 23.1 Å². The number of aryl methyl sites for hydroxylation is 2. The number of hydrogen-bond donors (Lipinski definition) is 1. The second-order valence-electron chi connectivity index (χ2n) is 5.60. The molecular formula is C18H20N2OS. The Balaban J connectivity index is 1.43. The van der Waals surface area contributed by atoms with Crippen molar-refractivity contribution in [3.63, 3.8) is 0 Å². The molecule has 1 unspecified atom stereocenters. The average molecular weight is 312 g/mol. The van der Waals surface area contributed by atoms with E-state index in [1.165, 1.54) is 22.2 Å². The van der Waals surface area contributed by atoms with Gasteiger partial charge in [-0.2, -0.15) is 0 Å². The van der Waals surface area contributed by atoms with Crippen molar-refractivity contribution in [3.8, 4) is 0 Å². The predicted molar refractivity (Wildman–Crippen MR) is 92.2 cm³/mol. The number of aliphatic imine (C=N–C) groups is 1. The lowest BCUT2D eigenvalue weighted by atomic mass is 10.1. The van der Waals surface area contributed by atoms with Gasteiger partial charge in [-0.3, -0.25) is 0 Å². The first kappa shape index (κ1) is 15.1. The van der Waals surface area contributed by atoms with Gasteiger partial charge in [-0.15, -0.1) is 0 Å². The Kier molecular flexibility index (Phi) is 4.80. The van der Waals surface area contributed by atoms with Gasteiger partial charge in [-0.05, 0) is 49.6 Å². The van der Waals surface area contributed by atoms with Gasteiger partial charge in [0.1, 0.15) is 0 Å². The van der Waals surface area contributed by atoms with Gasteiger partial charge < -0.3 is 5.32 Å². The summed E-state index contributed by atoms with van der Waals surface area (Å²) in [6.07, 6.45) is 2.06. The molecule has 0 bridgehead atoms. The van der Waals surface area contributed by atoms with Gasteiger partial charge in [0.25, 0.3) is 0 Å². The van der Waals surface area contributed by atoms with Crippen LogP contribution < -0.4 is 5.32 Å². The van der Waals surface area contributed by atoms with Crippen molar-refractivity contribution in [1.29, 1.82) is 0 Å². The van der Waals surface area contributed by atoms with Crippen LogP contribution in [0, 0.1) is 6.92 Å². The van der Waals surface area contributed by atoms with E-state index < -0.39 is 10.8 Å². The molecule has 1 atom stereocenters. The molecular weight excluding hydrogens is 292 g/mol. The second kappa shape index (κ2) is 6.99. The molecule has 3 nitrogen and oxygen atoms in total. The Bertz CT molecular complexity index is 708. The summed E-state index contributed by atoms with van der Waals surface area (Å²) in [6.45, 7) is 3.98. The van der Waals surface area contributed by atoms with Crippen LogP contribution in [0.3, 0.4) is 0 Å². The zero-order valence-electron chi connectivity index (χ0n) is 12.7. The largest absolute Gasteiger partial charge is 0.313 e. The van der Waals surface area contributed by atoms with Crippen molar-refractivity contribution in [3.05, 3.63) is 59.2 Å². The fourth-order valence-corrected chi connectivity index (χ4v) is 3.42. The van der Waals surface area contributed by atoms with E-state index in [9.17, 15) is 4.21 Å². The molecule has 0 fully saturated rings.